The lowest BCUT2D eigenvalue weighted by Gasteiger charge is -2.02. The number of aryl methyl sites for hydroxylation is 1. The molecule has 13 heavy (non-hydrogen) atoms. The number of pyridine rings is 1. The molecule has 0 spiro atoms. The van der Waals surface area contributed by atoms with E-state index in [2.05, 4.69) is 0 Å². The van der Waals surface area contributed by atoms with Crippen molar-refractivity contribution in [3.63, 3.8) is 0 Å². The molecule has 1 heterocycles. The van der Waals surface area contributed by atoms with E-state index in [4.69, 9.17) is 16.7 Å². The fraction of sp³-hybridized carbons (Fsp3) is 0.250. The maximum atomic E-state index is 11.1. The molecular weight excluding hydrogens is 194 g/mol. The van der Waals surface area contributed by atoms with Crippen molar-refractivity contribution in [2.45, 2.75) is 6.42 Å². The van der Waals surface area contributed by atoms with Gasteiger partial charge in [0.05, 0.1) is 11.4 Å². The van der Waals surface area contributed by atoms with Gasteiger partial charge in [-0.3, -0.25) is 9.59 Å². The summed E-state index contributed by atoms with van der Waals surface area (Å²) in [6.07, 6.45) is 1.18. The number of aliphatic carboxylic acids is 1. The molecule has 1 N–H and O–H groups in total. The van der Waals surface area contributed by atoms with Crippen molar-refractivity contribution >= 4 is 17.6 Å². The second-order valence-corrected chi connectivity index (χ2v) is 3.07. The van der Waals surface area contributed by atoms with Crippen molar-refractivity contribution in [3.8, 4) is 0 Å². The lowest BCUT2D eigenvalue weighted by Crippen LogP contribution is -2.17. The van der Waals surface area contributed by atoms with Gasteiger partial charge in [0.15, 0.2) is 0 Å². The second kappa shape index (κ2) is 3.62. The number of carbonyl (C=O) groups is 1. The number of hydrogen-bond donors (Lipinski definition) is 1. The highest BCUT2D eigenvalue weighted by Crippen LogP contribution is 2.12. The minimum absolute atomic E-state index is 0.227. The monoisotopic (exact) mass is 201 g/mol. The Morgan fingerprint density at radius 2 is 2.31 bits per heavy atom. The lowest BCUT2D eigenvalue weighted by atomic mass is 10.2. The van der Waals surface area contributed by atoms with Gasteiger partial charge in [0.25, 0.3) is 5.56 Å². The van der Waals surface area contributed by atoms with Gasteiger partial charge < -0.3 is 9.67 Å². The number of aromatic nitrogens is 1. The standard InChI is InChI=1S/C8H8ClNO3/c1-10-4-6(9)5(2-7(10)11)3-8(12)13/h2,4H,3H2,1H3,(H,12,13). The van der Waals surface area contributed by atoms with E-state index in [0.29, 0.717) is 10.6 Å². The number of carboxylic acids is 1. The molecule has 1 aromatic heterocycles. The number of rotatable bonds is 2. The first-order valence-corrected chi connectivity index (χ1v) is 3.95. The van der Waals surface area contributed by atoms with Crippen molar-refractivity contribution in [2.75, 3.05) is 0 Å². The molecule has 0 amide bonds. The van der Waals surface area contributed by atoms with Crippen LogP contribution < -0.4 is 5.56 Å². The van der Waals surface area contributed by atoms with Crippen LogP contribution in [0.5, 0.6) is 0 Å². The first-order valence-electron chi connectivity index (χ1n) is 3.57. The minimum atomic E-state index is -1.00. The van der Waals surface area contributed by atoms with Gasteiger partial charge in [0.1, 0.15) is 0 Å². The van der Waals surface area contributed by atoms with Crippen molar-refractivity contribution in [2.24, 2.45) is 7.05 Å². The van der Waals surface area contributed by atoms with E-state index >= 15 is 0 Å². The van der Waals surface area contributed by atoms with Crippen LogP contribution in [-0.4, -0.2) is 15.6 Å². The SMILES string of the molecule is Cn1cc(Cl)c(CC(=O)O)cc1=O. The number of halogens is 1. The summed E-state index contributed by atoms with van der Waals surface area (Å²) >= 11 is 5.72. The van der Waals surface area contributed by atoms with Crippen LogP contribution in [-0.2, 0) is 18.3 Å². The van der Waals surface area contributed by atoms with Gasteiger partial charge in [-0.25, -0.2) is 0 Å². The fourth-order valence-corrected chi connectivity index (χ4v) is 1.20. The number of nitrogens with zero attached hydrogens (tertiary/aromatic N) is 1. The van der Waals surface area contributed by atoms with Gasteiger partial charge in [-0.1, -0.05) is 11.6 Å². The van der Waals surface area contributed by atoms with E-state index in [0.717, 1.165) is 0 Å². The molecule has 0 aromatic carbocycles. The van der Waals surface area contributed by atoms with Crippen molar-refractivity contribution in [3.05, 3.63) is 33.2 Å². The zero-order valence-electron chi connectivity index (χ0n) is 6.95. The summed E-state index contributed by atoms with van der Waals surface area (Å²) in [5.74, 6) is -1.00. The average molecular weight is 202 g/mol. The Hall–Kier alpha value is -1.29. The highest BCUT2D eigenvalue weighted by atomic mass is 35.5. The highest BCUT2D eigenvalue weighted by Gasteiger charge is 2.06. The van der Waals surface area contributed by atoms with E-state index in [1.54, 1.807) is 7.05 Å². The van der Waals surface area contributed by atoms with Crippen molar-refractivity contribution in [1.29, 1.82) is 0 Å². The summed E-state index contributed by atoms with van der Waals surface area (Å²) < 4.78 is 1.30. The summed E-state index contributed by atoms with van der Waals surface area (Å²) in [4.78, 5) is 21.4. The molecule has 1 rings (SSSR count). The van der Waals surface area contributed by atoms with Crippen molar-refractivity contribution in [1.82, 2.24) is 4.57 Å². The van der Waals surface area contributed by atoms with Gasteiger partial charge in [0, 0.05) is 19.3 Å². The first kappa shape index (κ1) is 9.80. The van der Waals surface area contributed by atoms with E-state index in [9.17, 15) is 9.59 Å². The third-order valence-corrected chi connectivity index (χ3v) is 1.94. The first-order chi connectivity index (χ1) is 6.00. The fourth-order valence-electron chi connectivity index (χ4n) is 0.935. The Morgan fingerprint density at radius 1 is 1.69 bits per heavy atom. The van der Waals surface area contributed by atoms with Gasteiger partial charge in [-0.2, -0.15) is 0 Å². The highest BCUT2D eigenvalue weighted by molar-refractivity contribution is 6.31. The largest absolute Gasteiger partial charge is 0.481 e. The second-order valence-electron chi connectivity index (χ2n) is 2.67. The average Bonchev–Trinajstić information content (AvgIpc) is 1.99. The summed E-state index contributed by atoms with van der Waals surface area (Å²) in [6, 6.07) is 1.23. The van der Waals surface area contributed by atoms with Crippen LogP contribution in [0.15, 0.2) is 17.1 Å². The zero-order valence-corrected chi connectivity index (χ0v) is 7.71. The molecule has 0 radical (unpaired) electrons. The molecule has 0 atom stereocenters. The van der Waals surface area contributed by atoms with Crippen LogP contribution in [0.3, 0.4) is 0 Å². The van der Waals surface area contributed by atoms with Crippen LogP contribution >= 0.6 is 11.6 Å². The van der Waals surface area contributed by atoms with Gasteiger partial charge >= 0.3 is 5.97 Å². The maximum Gasteiger partial charge on any atom is 0.307 e. The van der Waals surface area contributed by atoms with E-state index in [1.807, 2.05) is 0 Å². The molecule has 1 aromatic rings. The Balaban J connectivity index is 3.16. The normalized spacial score (nSPS) is 10.0. The minimum Gasteiger partial charge on any atom is -0.481 e. The quantitative estimate of drug-likeness (QED) is 0.765. The Morgan fingerprint density at radius 3 is 2.85 bits per heavy atom. The zero-order chi connectivity index (χ0) is 10.0. The smallest absolute Gasteiger partial charge is 0.307 e. The third-order valence-electron chi connectivity index (χ3n) is 1.60. The Kier molecular flexibility index (Phi) is 2.72. The molecule has 0 aliphatic heterocycles. The van der Waals surface area contributed by atoms with Gasteiger partial charge in [0.2, 0.25) is 0 Å². The lowest BCUT2D eigenvalue weighted by molar-refractivity contribution is -0.136. The summed E-state index contributed by atoms with van der Waals surface area (Å²) in [5.41, 5.74) is 0.0814. The molecule has 0 aliphatic rings. The topological polar surface area (TPSA) is 59.3 Å². The van der Waals surface area contributed by atoms with E-state index in [1.165, 1.54) is 16.8 Å². The molecule has 0 unspecified atom stereocenters. The molecule has 0 bridgehead atoms. The molecule has 4 nitrogen and oxygen atoms in total. The number of hydrogen-bond acceptors (Lipinski definition) is 2. The molecule has 0 aliphatic carbocycles. The molecular formula is C8H8ClNO3. The van der Waals surface area contributed by atoms with Crippen LogP contribution in [0.4, 0.5) is 0 Å². The molecule has 70 valence electrons. The molecule has 0 saturated carbocycles. The van der Waals surface area contributed by atoms with Crippen LogP contribution in [0.25, 0.3) is 0 Å². The van der Waals surface area contributed by atoms with Gasteiger partial charge in [-0.05, 0) is 5.56 Å². The van der Waals surface area contributed by atoms with E-state index in [-0.39, 0.29) is 12.0 Å². The van der Waals surface area contributed by atoms with Gasteiger partial charge in [-0.15, -0.1) is 0 Å². The summed E-state index contributed by atoms with van der Waals surface area (Å²) in [6.45, 7) is 0. The van der Waals surface area contributed by atoms with Crippen LogP contribution in [0, 0.1) is 0 Å². The van der Waals surface area contributed by atoms with Crippen molar-refractivity contribution < 1.29 is 9.90 Å². The Bertz CT molecular complexity index is 397. The third kappa shape index (κ3) is 2.32. The molecule has 5 heteroatoms. The molecule has 0 fully saturated rings. The van der Waals surface area contributed by atoms with Crippen LogP contribution in [0.1, 0.15) is 5.56 Å². The number of carboxylic acid groups (broad SMARTS) is 1. The predicted molar refractivity (Wildman–Crippen MR) is 48.0 cm³/mol. The van der Waals surface area contributed by atoms with Crippen LogP contribution in [0.2, 0.25) is 5.02 Å². The maximum absolute atomic E-state index is 11.1. The van der Waals surface area contributed by atoms with E-state index < -0.39 is 5.97 Å². The molecule has 0 saturated heterocycles. The Labute approximate surface area is 79.4 Å². The summed E-state index contributed by atoms with van der Waals surface area (Å²) in [7, 11) is 1.55. The predicted octanol–water partition coefficient (Wildman–Crippen LogP) is 0.666. The summed E-state index contributed by atoms with van der Waals surface area (Å²) in [5, 5.41) is 8.78.